The highest BCUT2D eigenvalue weighted by atomic mass is 16.5. The number of nitrogens with zero attached hydrogens (tertiary/aromatic N) is 1. The second-order valence-electron chi connectivity index (χ2n) is 7.54. The van der Waals surface area contributed by atoms with Crippen LogP contribution < -0.4 is 15.4 Å². The molecule has 0 aromatic heterocycles. The predicted octanol–water partition coefficient (Wildman–Crippen LogP) is 2.17. The van der Waals surface area contributed by atoms with Crippen LogP contribution in [0.2, 0.25) is 0 Å². The molecule has 0 unspecified atom stereocenters. The zero-order valence-electron chi connectivity index (χ0n) is 17.8. The maximum absolute atomic E-state index is 12.7. The van der Waals surface area contributed by atoms with Crippen molar-refractivity contribution < 1.29 is 19.1 Å². The fourth-order valence-corrected chi connectivity index (χ4v) is 3.67. The topological polar surface area (TPSA) is 87.7 Å². The third-order valence-electron chi connectivity index (χ3n) is 5.36. The van der Waals surface area contributed by atoms with Gasteiger partial charge in [-0.25, -0.2) is 0 Å². The van der Waals surface area contributed by atoms with Crippen molar-refractivity contribution in [3.8, 4) is 5.75 Å². The number of carbonyl (C=O) groups excluding carboxylic acids is 3. The van der Waals surface area contributed by atoms with Crippen molar-refractivity contribution in [2.75, 3.05) is 26.7 Å². The quantitative estimate of drug-likeness (QED) is 0.605. The van der Waals surface area contributed by atoms with Crippen LogP contribution in [0.15, 0.2) is 54.6 Å². The lowest BCUT2D eigenvalue weighted by atomic mass is 10.1. The average molecular weight is 424 g/mol. The Morgan fingerprint density at radius 1 is 1.00 bits per heavy atom. The van der Waals surface area contributed by atoms with Gasteiger partial charge >= 0.3 is 0 Å². The van der Waals surface area contributed by atoms with E-state index in [9.17, 15) is 14.4 Å². The molecule has 1 saturated heterocycles. The van der Waals surface area contributed by atoms with Gasteiger partial charge in [0.2, 0.25) is 11.8 Å². The van der Waals surface area contributed by atoms with Crippen LogP contribution in [0.1, 0.15) is 35.2 Å². The summed E-state index contributed by atoms with van der Waals surface area (Å²) in [6, 6.07) is 16.0. The van der Waals surface area contributed by atoms with E-state index in [4.69, 9.17) is 4.74 Å². The van der Waals surface area contributed by atoms with Gasteiger partial charge in [0, 0.05) is 25.2 Å². The summed E-state index contributed by atoms with van der Waals surface area (Å²) in [5.41, 5.74) is 1.51. The van der Waals surface area contributed by atoms with E-state index in [1.165, 1.54) is 0 Å². The number of likely N-dealkylation sites (tertiary alicyclic amines) is 1. The molecule has 2 aromatic rings. The SMILES string of the molecule is COc1ccc(CC(=O)N2CCC[C@@H]2C(=O)NCCCNC(=O)c2ccccc2)cc1. The third kappa shape index (κ3) is 6.31. The van der Waals surface area contributed by atoms with Crippen LogP contribution in [0.25, 0.3) is 0 Å². The lowest BCUT2D eigenvalue weighted by molar-refractivity contribution is -0.137. The third-order valence-corrected chi connectivity index (χ3v) is 5.36. The van der Waals surface area contributed by atoms with Crippen molar-refractivity contribution in [3.05, 3.63) is 65.7 Å². The van der Waals surface area contributed by atoms with E-state index in [1.807, 2.05) is 42.5 Å². The molecule has 2 N–H and O–H groups in total. The van der Waals surface area contributed by atoms with Gasteiger partial charge in [-0.1, -0.05) is 30.3 Å². The molecule has 1 fully saturated rings. The van der Waals surface area contributed by atoms with E-state index in [0.717, 1.165) is 17.7 Å². The van der Waals surface area contributed by atoms with Crippen molar-refractivity contribution in [2.45, 2.75) is 31.7 Å². The minimum atomic E-state index is -0.426. The molecule has 7 heteroatoms. The monoisotopic (exact) mass is 423 g/mol. The minimum Gasteiger partial charge on any atom is -0.497 e. The van der Waals surface area contributed by atoms with Crippen LogP contribution in [0, 0.1) is 0 Å². The summed E-state index contributed by atoms with van der Waals surface area (Å²) < 4.78 is 5.14. The van der Waals surface area contributed by atoms with Gasteiger partial charge in [-0.05, 0) is 49.1 Å². The number of methoxy groups -OCH3 is 1. The standard InChI is InChI=1S/C24H29N3O4/c1-31-20-12-10-18(11-13-20)17-22(28)27-16-5-9-21(27)24(30)26-15-6-14-25-23(29)19-7-3-2-4-8-19/h2-4,7-8,10-13,21H,5-6,9,14-17H2,1H3,(H,25,29)(H,26,30)/t21-/m1/s1. The first-order chi connectivity index (χ1) is 15.1. The molecule has 31 heavy (non-hydrogen) atoms. The summed E-state index contributed by atoms with van der Waals surface area (Å²) >= 11 is 0. The Hall–Kier alpha value is -3.35. The fraction of sp³-hybridized carbons (Fsp3) is 0.375. The lowest BCUT2D eigenvalue weighted by Gasteiger charge is -2.24. The molecular formula is C24H29N3O4. The summed E-state index contributed by atoms with van der Waals surface area (Å²) in [7, 11) is 1.60. The van der Waals surface area contributed by atoms with Gasteiger partial charge in [0.1, 0.15) is 11.8 Å². The molecular weight excluding hydrogens is 394 g/mol. The van der Waals surface area contributed by atoms with Crippen LogP contribution in [0.4, 0.5) is 0 Å². The van der Waals surface area contributed by atoms with Crippen molar-refractivity contribution in [1.82, 2.24) is 15.5 Å². The zero-order chi connectivity index (χ0) is 22.1. The second-order valence-corrected chi connectivity index (χ2v) is 7.54. The molecule has 1 aliphatic rings. The van der Waals surface area contributed by atoms with Gasteiger partial charge in [0.25, 0.3) is 5.91 Å². The number of hydrogen-bond acceptors (Lipinski definition) is 4. The van der Waals surface area contributed by atoms with Crippen LogP contribution in [-0.4, -0.2) is 55.4 Å². The maximum Gasteiger partial charge on any atom is 0.251 e. The zero-order valence-corrected chi connectivity index (χ0v) is 17.8. The number of rotatable bonds is 9. The van der Waals surface area contributed by atoms with Crippen LogP contribution in [0.3, 0.4) is 0 Å². The Morgan fingerprint density at radius 3 is 2.42 bits per heavy atom. The van der Waals surface area contributed by atoms with E-state index in [0.29, 0.717) is 38.0 Å². The van der Waals surface area contributed by atoms with E-state index >= 15 is 0 Å². The number of ether oxygens (including phenoxy) is 1. The van der Waals surface area contributed by atoms with Crippen LogP contribution in [0.5, 0.6) is 5.75 Å². The largest absolute Gasteiger partial charge is 0.497 e. The summed E-state index contributed by atoms with van der Waals surface area (Å²) in [4.78, 5) is 39.0. The van der Waals surface area contributed by atoms with E-state index < -0.39 is 6.04 Å². The van der Waals surface area contributed by atoms with Crippen LogP contribution >= 0.6 is 0 Å². The maximum atomic E-state index is 12.7. The first kappa shape index (κ1) is 22.3. The van der Waals surface area contributed by atoms with E-state index in [2.05, 4.69) is 10.6 Å². The van der Waals surface area contributed by atoms with Crippen molar-refractivity contribution in [2.24, 2.45) is 0 Å². The minimum absolute atomic E-state index is 0.0436. The molecule has 3 rings (SSSR count). The molecule has 0 bridgehead atoms. The average Bonchev–Trinajstić information content (AvgIpc) is 3.30. The molecule has 0 aliphatic carbocycles. The Balaban J connectivity index is 1.40. The molecule has 1 atom stereocenters. The smallest absolute Gasteiger partial charge is 0.251 e. The van der Waals surface area contributed by atoms with Gasteiger partial charge in [0.05, 0.1) is 13.5 Å². The molecule has 7 nitrogen and oxygen atoms in total. The molecule has 1 aliphatic heterocycles. The van der Waals surface area contributed by atoms with Gasteiger partial charge in [0.15, 0.2) is 0 Å². The fourth-order valence-electron chi connectivity index (χ4n) is 3.67. The van der Waals surface area contributed by atoms with Crippen LogP contribution in [-0.2, 0) is 16.0 Å². The Morgan fingerprint density at radius 2 is 1.71 bits per heavy atom. The van der Waals surface area contributed by atoms with Gasteiger partial charge in [-0.15, -0.1) is 0 Å². The number of hydrogen-bond donors (Lipinski definition) is 2. The second kappa shape index (κ2) is 11.2. The Kier molecular flexibility index (Phi) is 8.04. The number of amides is 3. The number of nitrogens with one attached hydrogen (secondary N) is 2. The van der Waals surface area contributed by atoms with E-state index in [1.54, 1.807) is 24.1 Å². The van der Waals surface area contributed by atoms with E-state index in [-0.39, 0.29) is 24.1 Å². The molecule has 0 spiro atoms. The molecule has 164 valence electrons. The molecule has 2 aromatic carbocycles. The number of carbonyl (C=O) groups is 3. The molecule has 0 saturated carbocycles. The van der Waals surface area contributed by atoms with Gasteiger partial charge in [-0.2, -0.15) is 0 Å². The summed E-state index contributed by atoms with van der Waals surface area (Å²) in [6.07, 6.45) is 2.38. The molecule has 1 heterocycles. The van der Waals surface area contributed by atoms with Gasteiger partial charge < -0.3 is 20.3 Å². The Bertz CT molecular complexity index is 883. The normalized spacial score (nSPS) is 15.4. The van der Waals surface area contributed by atoms with Crippen molar-refractivity contribution >= 4 is 17.7 Å². The highest BCUT2D eigenvalue weighted by Crippen LogP contribution is 2.20. The number of benzene rings is 2. The summed E-state index contributed by atoms with van der Waals surface area (Å²) in [5.74, 6) is 0.445. The first-order valence-corrected chi connectivity index (χ1v) is 10.6. The predicted molar refractivity (Wildman–Crippen MR) is 118 cm³/mol. The molecule has 0 radical (unpaired) electrons. The highest BCUT2D eigenvalue weighted by molar-refractivity contribution is 5.94. The summed E-state index contributed by atoms with van der Waals surface area (Å²) in [5, 5.41) is 5.74. The molecule has 3 amide bonds. The van der Waals surface area contributed by atoms with Crippen molar-refractivity contribution in [3.63, 3.8) is 0 Å². The lowest BCUT2D eigenvalue weighted by Crippen LogP contribution is -2.46. The first-order valence-electron chi connectivity index (χ1n) is 10.6. The summed E-state index contributed by atoms with van der Waals surface area (Å²) in [6.45, 7) is 1.52. The van der Waals surface area contributed by atoms with Crippen molar-refractivity contribution in [1.29, 1.82) is 0 Å². The highest BCUT2D eigenvalue weighted by Gasteiger charge is 2.33. The Labute approximate surface area is 182 Å². The van der Waals surface area contributed by atoms with Gasteiger partial charge in [-0.3, -0.25) is 14.4 Å².